The number of ether oxygens (including phenoxy) is 2. The van der Waals surface area contributed by atoms with E-state index in [1.165, 1.54) is 6.33 Å². The molecule has 1 aliphatic rings. The average molecular weight is 481 g/mol. The number of methoxy groups -OCH3 is 1. The molecule has 1 aliphatic heterocycles. The number of nitrogens with zero attached hydrogens (tertiary/aromatic N) is 3. The number of rotatable bonds is 7. The zero-order chi connectivity index (χ0) is 24.7. The first-order chi connectivity index (χ1) is 15.3. The van der Waals surface area contributed by atoms with Crippen LogP contribution in [0.5, 0.6) is 0 Å². The van der Waals surface area contributed by atoms with Gasteiger partial charge in [-0.25, -0.2) is 4.98 Å². The van der Waals surface area contributed by atoms with E-state index in [9.17, 15) is 9.59 Å². The van der Waals surface area contributed by atoms with Crippen LogP contribution in [0.2, 0.25) is 18.1 Å². The molecular weight excluding hydrogens is 444 g/mol. The zero-order valence-electron chi connectivity index (χ0n) is 20.6. The van der Waals surface area contributed by atoms with Gasteiger partial charge in [-0.1, -0.05) is 34.6 Å². The minimum absolute atomic E-state index is 0.0443. The zero-order valence-corrected chi connectivity index (χ0v) is 21.6. The van der Waals surface area contributed by atoms with Crippen molar-refractivity contribution in [3.05, 3.63) is 16.7 Å². The van der Waals surface area contributed by atoms with E-state index >= 15 is 0 Å². The number of hydrogen-bond donors (Lipinski definition) is 3. The van der Waals surface area contributed by atoms with Crippen LogP contribution in [0, 0.1) is 5.92 Å². The molecule has 0 radical (unpaired) electrons. The fraction of sp³-hybridized carbons (Fsp3) is 0.714. The molecule has 2 aromatic rings. The number of aromatic amines is 1. The number of fused-ring (bicyclic) bond motifs is 1. The molecule has 0 bridgehead atoms. The van der Waals surface area contributed by atoms with E-state index in [4.69, 9.17) is 19.6 Å². The summed E-state index contributed by atoms with van der Waals surface area (Å²) in [6.07, 6.45) is -0.0787. The van der Waals surface area contributed by atoms with Crippen molar-refractivity contribution in [2.75, 3.05) is 19.0 Å². The first-order valence-electron chi connectivity index (χ1n) is 11.1. The molecule has 12 heteroatoms. The Hall–Kier alpha value is -2.12. The molecule has 1 unspecified atom stereocenters. The third kappa shape index (κ3) is 5.04. The van der Waals surface area contributed by atoms with E-state index in [1.54, 1.807) is 25.5 Å². The maximum absolute atomic E-state index is 12.6. The van der Waals surface area contributed by atoms with Crippen molar-refractivity contribution in [2.45, 2.75) is 77.2 Å². The van der Waals surface area contributed by atoms with Crippen molar-refractivity contribution in [3.8, 4) is 0 Å². The second-order valence-corrected chi connectivity index (χ2v) is 15.1. The first-order valence-corrected chi connectivity index (χ1v) is 14.0. The van der Waals surface area contributed by atoms with E-state index in [2.05, 4.69) is 54.1 Å². The number of anilines is 1. The van der Waals surface area contributed by atoms with Gasteiger partial charge in [0.25, 0.3) is 5.56 Å². The summed E-state index contributed by atoms with van der Waals surface area (Å²) in [7, 11) is -0.634. The van der Waals surface area contributed by atoms with Crippen molar-refractivity contribution in [3.63, 3.8) is 0 Å². The lowest BCUT2D eigenvalue weighted by atomic mass is 10.1. The van der Waals surface area contributed by atoms with Gasteiger partial charge in [-0.15, -0.1) is 0 Å². The monoisotopic (exact) mass is 480 g/mol. The second-order valence-electron chi connectivity index (χ2n) is 10.3. The van der Waals surface area contributed by atoms with Crippen LogP contribution >= 0.6 is 0 Å². The van der Waals surface area contributed by atoms with Crippen LogP contribution in [0.3, 0.4) is 0 Å². The SMILES string of the molecule is COC[C@H]1O[C@@H](n2cnc3c(=O)[nH]c(NC(=O)C(C)C)nc32)C(O[Si](C)(C)C(C)(C)C)[C@@H]1N. The fourth-order valence-electron chi connectivity index (χ4n) is 3.37. The highest BCUT2D eigenvalue weighted by atomic mass is 28.4. The van der Waals surface area contributed by atoms with Crippen molar-refractivity contribution in [1.82, 2.24) is 19.5 Å². The molecule has 1 saturated heterocycles. The van der Waals surface area contributed by atoms with E-state index in [-0.39, 0.29) is 34.0 Å². The normalized spacial score (nSPS) is 24.1. The Morgan fingerprint density at radius 3 is 2.64 bits per heavy atom. The number of nitrogens with two attached hydrogens (primary N) is 1. The molecule has 184 valence electrons. The van der Waals surface area contributed by atoms with Crippen molar-refractivity contribution >= 4 is 31.3 Å². The highest BCUT2D eigenvalue weighted by molar-refractivity contribution is 6.74. The standard InChI is InChI=1S/C21H36N6O5Si/c1-11(2)17(28)25-20-24-16-14(18(29)26-20)23-10-27(16)19-15(13(22)12(31-19)9-30-6)32-33(7,8)21(3,4)5/h10-13,15,19H,9,22H2,1-8H3,(H2,24,25,26,28,29)/t12-,13-,15?,19-/m1/s1. The molecule has 3 heterocycles. The van der Waals surface area contributed by atoms with Crippen LogP contribution in [0.15, 0.2) is 11.1 Å². The van der Waals surface area contributed by atoms with Gasteiger partial charge in [0, 0.05) is 13.0 Å². The number of imidazole rings is 1. The lowest BCUT2D eigenvalue weighted by molar-refractivity contribution is -0.118. The predicted molar refractivity (Wildman–Crippen MR) is 127 cm³/mol. The summed E-state index contributed by atoms with van der Waals surface area (Å²) in [4.78, 5) is 36.0. The van der Waals surface area contributed by atoms with Crippen LogP contribution in [-0.2, 0) is 18.7 Å². The lowest BCUT2D eigenvalue weighted by Gasteiger charge is -2.40. The van der Waals surface area contributed by atoms with Crippen molar-refractivity contribution < 1.29 is 18.7 Å². The Morgan fingerprint density at radius 2 is 2.06 bits per heavy atom. The van der Waals surface area contributed by atoms with Gasteiger partial charge in [-0.05, 0) is 18.1 Å². The summed E-state index contributed by atoms with van der Waals surface area (Å²) in [5.41, 5.74) is 6.52. The van der Waals surface area contributed by atoms with Crippen LogP contribution in [0.4, 0.5) is 5.95 Å². The number of carbonyl (C=O) groups excluding carboxylic acids is 1. The van der Waals surface area contributed by atoms with Gasteiger partial charge in [-0.2, -0.15) is 4.98 Å². The smallest absolute Gasteiger partial charge is 0.280 e. The predicted octanol–water partition coefficient (Wildman–Crippen LogP) is 1.98. The van der Waals surface area contributed by atoms with Gasteiger partial charge in [-0.3, -0.25) is 24.5 Å². The highest BCUT2D eigenvalue weighted by Gasteiger charge is 2.50. The summed E-state index contributed by atoms with van der Waals surface area (Å²) in [5, 5.41) is 2.59. The Labute approximate surface area is 194 Å². The molecule has 0 saturated carbocycles. The summed E-state index contributed by atoms with van der Waals surface area (Å²) in [6, 6.07) is -0.455. The summed E-state index contributed by atoms with van der Waals surface area (Å²) in [6.45, 7) is 14.6. The second kappa shape index (κ2) is 9.26. The summed E-state index contributed by atoms with van der Waals surface area (Å²) in [5.74, 6) is -0.489. The highest BCUT2D eigenvalue weighted by Crippen LogP contribution is 2.41. The molecule has 4 atom stereocenters. The van der Waals surface area contributed by atoms with Crippen molar-refractivity contribution in [2.24, 2.45) is 11.7 Å². The van der Waals surface area contributed by atoms with Crippen LogP contribution < -0.4 is 16.6 Å². The summed E-state index contributed by atoms with van der Waals surface area (Å²) < 4.78 is 19.9. The lowest BCUT2D eigenvalue weighted by Crippen LogP contribution is -2.51. The maximum Gasteiger partial charge on any atom is 0.280 e. The van der Waals surface area contributed by atoms with Crippen LogP contribution in [0.1, 0.15) is 40.8 Å². The average Bonchev–Trinajstić information content (AvgIpc) is 3.24. The number of nitrogens with one attached hydrogen (secondary N) is 2. The van der Waals surface area contributed by atoms with E-state index in [1.807, 2.05) is 0 Å². The number of carbonyl (C=O) groups is 1. The quantitative estimate of drug-likeness (QED) is 0.510. The van der Waals surface area contributed by atoms with E-state index < -0.39 is 38.4 Å². The number of aromatic nitrogens is 4. The molecule has 0 aromatic carbocycles. The van der Waals surface area contributed by atoms with Gasteiger partial charge in [0.15, 0.2) is 25.7 Å². The third-order valence-corrected chi connectivity index (χ3v) is 10.9. The van der Waals surface area contributed by atoms with Gasteiger partial charge in [0.1, 0.15) is 12.2 Å². The Morgan fingerprint density at radius 1 is 1.39 bits per heavy atom. The maximum atomic E-state index is 12.6. The Balaban J connectivity index is 2.05. The first kappa shape index (κ1) is 25.5. The topological polar surface area (TPSA) is 146 Å². The summed E-state index contributed by atoms with van der Waals surface area (Å²) >= 11 is 0. The molecule has 4 N–H and O–H groups in total. The van der Waals surface area contributed by atoms with Crippen molar-refractivity contribution in [1.29, 1.82) is 0 Å². The molecule has 11 nitrogen and oxygen atoms in total. The number of H-pyrrole nitrogens is 1. The molecule has 0 aliphatic carbocycles. The molecular formula is C21H36N6O5Si. The largest absolute Gasteiger partial charge is 0.408 e. The van der Waals surface area contributed by atoms with Crippen LogP contribution in [0.25, 0.3) is 11.2 Å². The molecule has 2 aromatic heterocycles. The number of amides is 1. The minimum Gasteiger partial charge on any atom is -0.408 e. The molecule has 33 heavy (non-hydrogen) atoms. The van der Waals surface area contributed by atoms with Gasteiger partial charge < -0.3 is 19.6 Å². The third-order valence-electron chi connectivity index (χ3n) is 6.44. The fourth-order valence-corrected chi connectivity index (χ4v) is 4.68. The van der Waals surface area contributed by atoms with Gasteiger partial charge >= 0.3 is 0 Å². The molecule has 3 rings (SSSR count). The molecule has 1 fully saturated rings. The Bertz CT molecular complexity index is 1060. The van der Waals surface area contributed by atoms with E-state index in [0.717, 1.165) is 0 Å². The minimum atomic E-state index is -2.22. The van der Waals surface area contributed by atoms with Gasteiger partial charge in [0.2, 0.25) is 11.9 Å². The molecule has 1 amide bonds. The number of hydrogen-bond acceptors (Lipinski definition) is 8. The van der Waals surface area contributed by atoms with E-state index in [0.29, 0.717) is 6.61 Å². The van der Waals surface area contributed by atoms with Gasteiger partial charge in [0.05, 0.1) is 19.0 Å². The van der Waals surface area contributed by atoms with Crippen LogP contribution in [-0.4, -0.2) is 65.7 Å². The Kier molecular flexibility index (Phi) is 7.15. The molecule has 0 spiro atoms.